The molecule has 3 nitrogen and oxygen atoms in total. The maximum Gasteiger partial charge on any atom is 0.307 e. The maximum absolute atomic E-state index is 11.0. The fourth-order valence-electron chi connectivity index (χ4n) is 2.45. The molecule has 1 aromatic heterocycles. The van der Waals surface area contributed by atoms with E-state index in [-0.39, 0.29) is 6.42 Å². The first kappa shape index (κ1) is 14.5. The Kier molecular flexibility index (Phi) is 3.77. The van der Waals surface area contributed by atoms with Gasteiger partial charge in [-0.05, 0) is 36.2 Å². The van der Waals surface area contributed by atoms with E-state index in [1.165, 1.54) is 0 Å². The van der Waals surface area contributed by atoms with Gasteiger partial charge in [0.2, 0.25) is 0 Å². The minimum absolute atomic E-state index is 0.0371. The fourth-order valence-corrected chi connectivity index (χ4v) is 2.74. The number of rotatable bonds is 4. The van der Waals surface area contributed by atoms with Crippen LogP contribution in [-0.4, -0.2) is 15.9 Å². The van der Waals surface area contributed by atoms with Crippen molar-refractivity contribution >= 4 is 34.0 Å². The minimum atomic E-state index is -0.866. The fraction of sp³-hybridized carbons (Fsp3) is 0.111. The van der Waals surface area contributed by atoms with Crippen LogP contribution in [0.2, 0.25) is 0 Å². The van der Waals surface area contributed by atoms with Crippen molar-refractivity contribution in [3.8, 4) is 0 Å². The Hall–Kier alpha value is -2.46. The zero-order valence-corrected chi connectivity index (χ0v) is 12.8. The molecule has 22 heavy (non-hydrogen) atoms. The van der Waals surface area contributed by atoms with Gasteiger partial charge in [-0.25, -0.2) is 0 Å². The van der Waals surface area contributed by atoms with Gasteiger partial charge in [0, 0.05) is 10.9 Å². The summed E-state index contributed by atoms with van der Waals surface area (Å²) >= 11 is 5.59. The zero-order valence-electron chi connectivity index (χ0n) is 12.0. The third-order valence-corrected chi connectivity index (χ3v) is 3.98. The van der Waals surface area contributed by atoms with Gasteiger partial charge in [0.05, 0.1) is 17.5 Å². The Morgan fingerprint density at radius 1 is 1.18 bits per heavy atom. The summed E-state index contributed by atoms with van der Waals surface area (Å²) in [4.78, 5) is 11.6. The van der Waals surface area contributed by atoms with Crippen LogP contribution in [0, 0.1) is 6.92 Å². The summed E-state index contributed by atoms with van der Waals surface area (Å²) in [6, 6.07) is 13.4. The van der Waals surface area contributed by atoms with Gasteiger partial charge >= 0.3 is 5.97 Å². The second-order valence-corrected chi connectivity index (χ2v) is 5.66. The van der Waals surface area contributed by atoms with Crippen LogP contribution in [0.4, 0.5) is 0 Å². The highest BCUT2D eigenvalue weighted by atomic mass is 32.1. The van der Waals surface area contributed by atoms with Crippen molar-refractivity contribution in [2.45, 2.75) is 13.3 Å². The molecule has 0 saturated carbocycles. The van der Waals surface area contributed by atoms with Crippen molar-refractivity contribution in [1.29, 1.82) is 0 Å². The Morgan fingerprint density at radius 3 is 2.59 bits per heavy atom. The molecule has 0 unspecified atom stereocenters. The molecular formula is C18H14O3S. The molecule has 0 aliphatic carbocycles. The highest BCUT2D eigenvalue weighted by Crippen LogP contribution is 2.26. The number of aryl methyl sites for hydroxylation is 1. The Bertz CT molecular complexity index is 860. The highest BCUT2D eigenvalue weighted by molar-refractivity contribution is 7.81. The molecule has 1 N–H and O–H groups in total. The Balaban J connectivity index is 2.11. The molecule has 0 saturated heterocycles. The monoisotopic (exact) mass is 310 g/mol. The second-order valence-electron chi connectivity index (χ2n) is 5.25. The molecule has 0 bridgehead atoms. The first-order chi connectivity index (χ1) is 10.5. The van der Waals surface area contributed by atoms with Crippen LogP contribution in [0.1, 0.15) is 22.3 Å². The number of thiocarbonyl (C=S) groups is 1. The number of aliphatic carboxylic acids is 1. The molecule has 4 heteroatoms. The van der Waals surface area contributed by atoms with Crippen LogP contribution in [-0.2, 0) is 11.2 Å². The van der Waals surface area contributed by atoms with E-state index in [9.17, 15) is 4.79 Å². The van der Waals surface area contributed by atoms with E-state index >= 15 is 0 Å². The van der Waals surface area contributed by atoms with E-state index in [1.54, 1.807) is 6.26 Å². The lowest BCUT2D eigenvalue weighted by Crippen LogP contribution is -2.04. The van der Waals surface area contributed by atoms with Gasteiger partial charge in [-0.3, -0.25) is 4.79 Å². The number of carboxylic acids is 1. The molecule has 1 heterocycles. The molecule has 0 aliphatic heterocycles. The molecule has 0 fully saturated rings. The van der Waals surface area contributed by atoms with Crippen molar-refractivity contribution in [2.75, 3.05) is 0 Å². The molecule has 2 aromatic carbocycles. The van der Waals surface area contributed by atoms with Crippen LogP contribution < -0.4 is 0 Å². The summed E-state index contributed by atoms with van der Waals surface area (Å²) in [6.07, 6.45) is 1.56. The number of carboxylic acid groups (broad SMARTS) is 1. The molecular weight excluding hydrogens is 296 g/mol. The maximum atomic E-state index is 11.0. The van der Waals surface area contributed by atoms with E-state index in [1.807, 2.05) is 49.4 Å². The predicted molar refractivity (Wildman–Crippen MR) is 89.5 cm³/mol. The van der Waals surface area contributed by atoms with Gasteiger partial charge in [0.25, 0.3) is 0 Å². The van der Waals surface area contributed by atoms with Gasteiger partial charge in [-0.1, -0.05) is 42.0 Å². The van der Waals surface area contributed by atoms with Gasteiger partial charge in [-0.15, -0.1) is 0 Å². The number of benzene rings is 2. The topological polar surface area (TPSA) is 50.4 Å². The lowest BCUT2D eigenvalue weighted by Gasteiger charge is -2.08. The lowest BCUT2D eigenvalue weighted by molar-refractivity contribution is -0.136. The summed E-state index contributed by atoms with van der Waals surface area (Å²) in [5.74, 6) is -0.866. The van der Waals surface area contributed by atoms with Crippen LogP contribution in [0.5, 0.6) is 0 Å². The Labute approximate surface area is 133 Å². The SMILES string of the molecule is Cc1ccc(C(=S)c2cc(CC(=O)O)cc3ccoc23)cc1. The normalized spacial score (nSPS) is 10.8. The largest absolute Gasteiger partial charge is 0.481 e. The summed E-state index contributed by atoms with van der Waals surface area (Å²) < 4.78 is 5.54. The second kappa shape index (κ2) is 5.73. The van der Waals surface area contributed by atoms with Crippen molar-refractivity contribution in [3.63, 3.8) is 0 Å². The van der Waals surface area contributed by atoms with E-state index < -0.39 is 5.97 Å². The molecule has 110 valence electrons. The number of furan rings is 1. The standard InChI is InChI=1S/C18H14O3S/c1-11-2-4-13(5-3-11)18(22)15-9-12(10-16(19)20)8-14-6-7-21-17(14)15/h2-9H,10H2,1H3,(H,19,20). The van der Waals surface area contributed by atoms with Crippen molar-refractivity contribution in [1.82, 2.24) is 0 Å². The number of hydrogen-bond donors (Lipinski definition) is 1. The number of hydrogen-bond acceptors (Lipinski definition) is 3. The molecule has 3 aromatic rings. The summed E-state index contributed by atoms with van der Waals surface area (Å²) in [5, 5.41) is 9.87. The van der Waals surface area contributed by atoms with Crippen LogP contribution >= 0.6 is 12.2 Å². The van der Waals surface area contributed by atoms with Crippen LogP contribution in [0.3, 0.4) is 0 Å². The minimum Gasteiger partial charge on any atom is -0.481 e. The van der Waals surface area contributed by atoms with E-state index in [4.69, 9.17) is 21.7 Å². The molecule has 0 aliphatic rings. The smallest absolute Gasteiger partial charge is 0.307 e. The van der Waals surface area contributed by atoms with Gasteiger partial charge < -0.3 is 9.52 Å². The first-order valence-corrected chi connectivity index (χ1v) is 7.29. The average Bonchev–Trinajstić information content (AvgIpc) is 2.94. The van der Waals surface area contributed by atoms with Crippen LogP contribution in [0.15, 0.2) is 53.1 Å². The summed E-state index contributed by atoms with van der Waals surface area (Å²) in [7, 11) is 0. The third kappa shape index (κ3) is 2.78. The first-order valence-electron chi connectivity index (χ1n) is 6.88. The van der Waals surface area contributed by atoms with Crippen molar-refractivity contribution < 1.29 is 14.3 Å². The summed E-state index contributed by atoms with van der Waals surface area (Å²) in [6.45, 7) is 2.02. The zero-order chi connectivity index (χ0) is 15.7. The lowest BCUT2D eigenvalue weighted by atomic mass is 9.98. The number of carbonyl (C=O) groups is 1. The third-order valence-electron chi connectivity index (χ3n) is 3.52. The molecule has 0 atom stereocenters. The molecule has 0 spiro atoms. The van der Waals surface area contributed by atoms with Gasteiger partial charge in [0.15, 0.2) is 0 Å². The van der Waals surface area contributed by atoms with Crippen molar-refractivity contribution in [2.24, 2.45) is 0 Å². The van der Waals surface area contributed by atoms with Crippen LogP contribution in [0.25, 0.3) is 11.0 Å². The molecule has 3 rings (SSSR count). The van der Waals surface area contributed by atoms with Gasteiger partial charge in [-0.2, -0.15) is 0 Å². The van der Waals surface area contributed by atoms with E-state index in [0.29, 0.717) is 16.0 Å². The highest BCUT2D eigenvalue weighted by Gasteiger charge is 2.14. The van der Waals surface area contributed by atoms with E-state index in [2.05, 4.69) is 0 Å². The quantitative estimate of drug-likeness (QED) is 0.581. The van der Waals surface area contributed by atoms with E-state index in [0.717, 1.165) is 22.1 Å². The summed E-state index contributed by atoms with van der Waals surface area (Å²) in [5.41, 5.74) is 4.25. The van der Waals surface area contributed by atoms with Gasteiger partial charge in [0.1, 0.15) is 5.58 Å². The number of fused-ring (bicyclic) bond motifs is 1. The van der Waals surface area contributed by atoms with Crippen molar-refractivity contribution in [3.05, 3.63) is 71.0 Å². The predicted octanol–water partition coefficient (Wildman–Crippen LogP) is 4.13. The molecule has 0 amide bonds. The average molecular weight is 310 g/mol. The molecule has 0 radical (unpaired) electrons. The Morgan fingerprint density at radius 2 is 1.91 bits per heavy atom.